The van der Waals surface area contributed by atoms with Crippen LogP contribution in [-0.2, 0) is 16.6 Å². The number of benzene rings is 1. The molecule has 2 aliphatic carbocycles. The van der Waals surface area contributed by atoms with Crippen molar-refractivity contribution in [1.29, 1.82) is 0 Å². The Bertz CT molecular complexity index is 771. The minimum atomic E-state index is -1.02. The first kappa shape index (κ1) is 21.2. The van der Waals surface area contributed by atoms with Gasteiger partial charge in [-0.2, -0.15) is 0 Å². The first-order chi connectivity index (χ1) is 13.2. The lowest BCUT2D eigenvalue weighted by Crippen LogP contribution is -2.48. The maximum Gasteiger partial charge on any atom is 0.269 e. The van der Waals surface area contributed by atoms with Crippen LogP contribution in [-0.4, -0.2) is 26.1 Å². The monoisotopic (exact) mass is 405 g/mol. The average molecular weight is 406 g/mol. The molecule has 0 aromatic heterocycles. The third-order valence-corrected chi connectivity index (χ3v) is 8.25. The molecule has 1 fully saturated rings. The van der Waals surface area contributed by atoms with Gasteiger partial charge in [-0.15, -0.1) is 0 Å². The molecule has 0 aliphatic heterocycles. The predicted molar refractivity (Wildman–Crippen MR) is 112 cm³/mol. The topological polar surface area (TPSA) is 80.4 Å². The highest BCUT2D eigenvalue weighted by Crippen LogP contribution is 2.56. The minimum Gasteiger partial charge on any atom is -0.389 e. The third kappa shape index (κ3) is 4.71. The van der Waals surface area contributed by atoms with Crippen molar-refractivity contribution >= 4 is 16.5 Å². The van der Waals surface area contributed by atoms with Gasteiger partial charge in [0.25, 0.3) is 5.69 Å². The van der Waals surface area contributed by atoms with Crippen LogP contribution in [0.15, 0.2) is 35.9 Å². The van der Waals surface area contributed by atoms with Crippen molar-refractivity contribution in [3.05, 3.63) is 51.6 Å². The van der Waals surface area contributed by atoms with E-state index < -0.39 is 21.8 Å². The van der Waals surface area contributed by atoms with Crippen LogP contribution in [0.4, 0.5) is 5.69 Å². The van der Waals surface area contributed by atoms with Gasteiger partial charge in [0, 0.05) is 34.4 Å². The molecule has 3 rings (SSSR count). The Kier molecular flexibility index (Phi) is 6.40. The summed E-state index contributed by atoms with van der Waals surface area (Å²) >= 11 is 0. The molecule has 6 heteroatoms. The molecule has 154 valence electrons. The van der Waals surface area contributed by atoms with E-state index in [1.807, 2.05) is 6.92 Å². The number of nitrogens with zero attached hydrogens (tertiary/aromatic N) is 1. The first-order valence-electron chi connectivity index (χ1n) is 10.1. The van der Waals surface area contributed by atoms with Gasteiger partial charge in [-0.25, -0.2) is 0 Å². The van der Waals surface area contributed by atoms with E-state index in [1.54, 1.807) is 12.1 Å². The highest BCUT2D eigenvalue weighted by atomic mass is 32.2. The van der Waals surface area contributed by atoms with Crippen LogP contribution in [0.1, 0.15) is 52.0 Å². The standard InChI is InChI=1S/C22H31NO4S/c1-15-4-10-20-19(12-22(20,2)3)17(7-11-21(15)24)14-28(27)13-16-5-8-18(9-6-16)23(25)26/h4-6,8-9,17,19-21,24H,7,10-14H2,1-3H3/b15-4-/t17-,19+,20+,21+,28?/m0/s1. The normalized spacial score (nSPS) is 32.5. The smallest absolute Gasteiger partial charge is 0.269 e. The van der Waals surface area contributed by atoms with Gasteiger partial charge < -0.3 is 5.11 Å². The van der Waals surface area contributed by atoms with Crippen LogP contribution < -0.4 is 0 Å². The van der Waals surface area contributed by atoms with Crippen LogP contribution in [0, 0.1) is 33.3 Å². The van der Waals surface area contributed by atoms with Crippen LogP contribution in [0.25, 0.3) is 0 Å². The predicted octanol–water partition coefficient (Wildman–Crippen LogP) is 4.61. The zero-order valence-corrected chi connectivity index (χ0v) is 17.8. The third-order valence-electron chi connectivity index (χ3n) is 6.79. The van der Waals surface area contributed by atoms with Crippen LogP contribution in [0.5, 0.6) is 0 Å². The fraction of sp³-hybridized carbons (Fsp3) is 0.636. The zero-order valence-electron chi connectivity index (χ0n) is 17.0. The van der Waals surface area contributed by atoms with Crippen LogP contribution in [0.2, 0.25) is 0 Å². The van der Waals surface area contributed by atoms with Crippen molar-refractivity contribution in [1.82, 2.24) is 0 Å². The summed E-state index contributed by atoms with van der Waals surface area (Å²) in [4.78, 5) is 10.4. The molecule has 1 unspecified atom stereocenters. The molecule has 28 heavy (non-hydrogen) atoms. The SMILES string of the molecule is C/C1=C/C[C@@H]2[C@H](CC2(C)C)[C@H](CS(=O)Cc2ccc([N+](=O)[O-])cc2)CC[C@H]1O. The number of nitro benzene ring substituents is 1. The van der Waals surface area contributed by atoms with Crippen molar-refractivity contribution in [2.45, 2.75) is 58.3 Å². The van der Waals surface area contributed by atoms with E-state index in [4.69, 9.17) is 0 Å². The van der Waals surface area contributed by atoms with Gasteiger partial charge in [-0.05, 0) is 66.9 Å². The summed E-state index contributed by atoms with van der Waals surface area (Å²) < 4.78 is 12.9. The molecule has 2 aliphatic rings. The lowest BCUT2D eigenvalue weighted by atomic mass is 9.51. The Morgan fingerprint density at radius 2 is 1.93 bits per heavy atom. The number of hydrogen-bond donors (Lipinski definition) is 1. The van der Waals surface area contributed by atoms with Gasteiger partial charge in [-0.3, -0.25) is 14.3 Å². The van der Waals surface area contributed by atoms with Gasteiger partial charge in [0.05, 0.1) is 11.0 Å². The van der Waals surface area contributed by atoms with E-state index in [0.717, 1.165) is 36.8 Å². The van der Waals surface area contributed by atoms with Gasteiger partial charge in [0.2, 0.25) is 0 Å². The summed E-state index contributed by atoms with van der Waals surface area (Å²) in [5.74, 6) is 2.56. The van der Waals surface area contributed by atoms with Gasteiger partial charge in [0.1, 0.15) is 0 Å². The highest BCUT2D eigenvalue weighted by Gasteiger charge is 2.49. The Balaban J connectivity index is 1.67. The van der Waals surface area contributed by atoms with E-state index >= 15 is 0 Å². The van der Waals surface area contributed by atoms with E-state index in [2.05, 4.69) is 19.9 Å². The van der Waals surface area contributed by atoms with Crippen molar-refractivity contribution in [2.75, 3.05) is 5.75 Å². The quantitative estimate of drug-likeness (QED) is 0.440. The molecule has 0 spiro atoms. The van der Waals surface area contributed by atoms with Gasteiger partial charge >= 0.3 is 0 Å². The Hall–Kier alpha value is -1.53. The molecule has 5 atom stereocenters. The molecule has 0 heterocycles. The number of hydrogen-bond acceptors (Lipinski definition) is 4. The van der Waals surface area contributed by atoms with E-state index in [1.165, 1.54) is 12.1 Å². The number of non-ortho nitro benzene ring substituents is 1. The molecule has 1 aromatic carbocycles. The molecule has 0 amide bonds. The zero-order chi connectivity index (χ0) is 20.5. The summed E-state index contributed by atoms with van der Waals surface area (Å²) in [7, 11) is -1.02. The summed E-state index contributed by atoms with van der Waals surface area (Å²) in [5, 5.41) is 21.2. The van der Waals surface area contributed by atoms with Crippen molar-refractivity contribution in [3.8, 4) is 0 Å². The number of nitro groups is 1. The van der Waals surface area contributed by atoms with Crippen molar-refractivity contribution < 1.29 is 14.2 Å². The Morgan fingerprint density at radius 1 is 1.25 bits per heavy atom. The van der Waals surface area contributed by atoms with Gasteiger partial charge in [-0.1, -0.05) is 32.1 Å². The summed E-state index contributed by atoms with van der Waals surface area (Å²) in [6.07, 6.45) is 5.58. The molecule has 1 saturated carbocycles. The maximum absolute atomic E-state index is 12.9. The molecule has 0 radical (unpaired) electrons. The summed E-state index contributed by atoms with van der Waals surface area (Å²) in [6.45, 7) is 6.64. The van der Waals surface area contributed by atoms with Gasteiger partial charge in [0.15, 0.2) is 0 Å². The van der Waals surface area contributed by atoms with E-state index in [0.29, 0.717) is 34.7 Å². The number of rotatable bonds is 5. The summed E-state index contributed by atoms with van der Waals surface area (Å²) in [5.41, 5.74) is 2.29. The van der Waals surface area contributed by atoms with E-state index in [9.17, 15) is 19.4 Å². The van der Waals surface area contributed by atoms with Crippen LogP contribution in [0.3, 0.4) is 0 Å². The second kappa shape index (κ2) is 8.46. The lowest BCUT2D eigenvalue weighted by molar-refractivity contribution is -0.384. The molecule has 0 bridgehead atoms. The molecular formula is C22H31NO4S. The molecule has 0 saturated heterocycles. The number of aliphatic hydroxyl groups excluding tert-OH is 1. The Labute approximate surface area is 169 Å². The second-order valence-electron chi connectivity index (χ2n) is 9.17. The first-order valence-corrected chi connectivity index (χ1v) is 11.6. The fourth-order valence-corrected chi connectivity index (χ4v) is 6.55. The Morgan fingerprint density at radius 3 is 2.54 bits per heavy atom. The maximum atomic E-state index is 12.9. The number of allylic oxidation sites excluding steroid dienone is 1. The largest absolute Gasteiger partial charge is 0.389 e. The molecule has 1 aromatic rings. The number of aliphatic hydroxyl groups is 1. The number of fused-ring (bicyclic) bond motifs is 1. The highest BCUT2D eigenvalue weighted by molar-refractivity contribution is 7.84. The second-order valence-corrected chi connectivity index (χ2v) is 10.7. The van der Waals surface area contributed by atoms with Crippen molar-refractivity contribution in [2.24, 2.45) is 23.2 Å². The molecule has 1 N–H and O–H groups in total. The minimum absolute atomic E-state index is 0.0576. The van der Waals surface area contributed by atoms with Crippen LogP contribution >= 0.6 is 0 Å². The van der Waals surface area contributed by atoms with Crippen molar-refractivity contribution in [3.63, 3.8) is 0 Å². The summed E-state index contributed by atoms with van der Waals surface area (Å²) in [6, 6.07) is 6.35. The molecule has 5 nitrogen and oxygen atoms in total. The van der Waals surface area contributed by atoms with E-state index in [-0.39, 0.29) is 5.69 Å². The lowest BCUT2D eigenvalue weighted by Gasteiger charge is -2.54. The fourth-order valence-electron chi connectivity index (χ4n) is 4.98. The average Bonchev–Trinajstić information content (AvgIpc) is 2.67. The molecular weight excluding hydrogens is 374 g/mol.